The lowest BCUT2D eigenvalue weighted by Gasteiger charge is -2.60. The third-order valence-electron chi connectivity index (χ3n) is 10.1. The Balaban J connectivity index is 1.20. The number of fused-ring (bicyclic) bond motifs is 3. The van der Waals surface area contributed by atoms with Crippen molar-refractivity contribution < 1.29 is 14.3 Å². The van der Waals surface area contributed by atoms with Gasteiger partial charge >= 0.3 is 5.97 Å². The molecule has 4 heteroatoms. The molecule has 1 aromatic heterocycles. The van der Waals surface area contributed by atoms with Crippen molar-refractivity contribution in [3.63, 3.8) is 0 Å². The molecule has 7 rings (SSSR count). The number of esters is 1. The van der Waals surface area contributed by atoms with Crippen LogP contribution in [0.2, 0.25) is 0 Å². The number of benzene rings is 1. The van der Waals surface area contributed by atoms with Crippen molar-refractivity contribution in [3.05, 3.63) is 101 Å². The fourth-order valence-corrected chi connectivity index (χ4v) is 8.66. The maximum absolute atomic E-state index is 13.1. The fraction of sp³-hybridized carbons (Fsp3) is 0.424. The molecule has 5 atom stereocenters. The number of carbonyl (C=O) groups excluding carboxylic acids is 1. The molecule has 2 spiro atoms. The summed E-state index contributed by atoms with van der Waals surface area (Å²) in [4.78, 5) is 13.1. The molecule has 5 aliphatic carbocycles. The lowest BCUT2D eigenvalue weighted by atomic mass is 9.44. The van der Waals surface area contributed by atoms with Crippen molar-refractivity contribution in [2.24, 2.45) is 16.7 Å². The van der Waals surface area contributed by atoms with E-state index in [1.54, 1.807) is 0 Å². The molecule has 190 valence electrons. The predicted octanol–water partition coefficient (Wildman–Crippen LogP) is 6.78. The minimum absolute atomic E-state index is 0.00408. The van der Waals surface area contributed by atoms with Crippen molar-refractivity contribution in [1.82, 2.24) is 4.57 Å². The molecular weight excluding hydrogens is 458 g/mol. The highest BCUT2D eigenvalue weighted by Crippen LogP contribution is 2.79. The van der Waals surface area contributed by atoms with Crippen molar-refractivity contribution >= 4 is 12.0 Å². The Bertz CT molecular complexity index is 1350. The normalized spacial score (nSPS) is 37.2. The Labute approximate surface area is 219 Å². The topological polar surface area (TPSA) is 40.5 Å². The number of carbonyl (C=O) groups is 1. The van der Waals surface area contributed by atoms with Crippen LogP contribution in [0.1, 0.15) is 65.8 Å². The molecular formula is C33H35NO3. The van der Waals surface area contributed by atoms with Crippen molar-refractivity contribution in [1.29, 1.82) is 0 Å². The standard InChI is InChI=1S/C33H35NO3/c1-36-30(35)28-19-25-18-26(37-21-24-10-6-5-7-11-24)12-13-27(25)34(28)33-17-16-32(23-33)22-31(29(32)20-33)14-8-3-2-4-9-15-31/h2-14,19,26,29H,15-18,20-23H2,1H3/b3-2-,9-4+,14-8-. The molecule has 1 aromatic carbocycles. The van der Waals surface area contributed by atoms with Gasteiger partial charge < -0.3 is 14.0 Å². The Morgan fingerprint density at radius 1 is 1.08 bits per heavy atom. The van der Waals surface area contributed by atoms with Crippen LogP contribution in [0.3, 0.4) is 0 Å². The highest BCUT2D eigenvalue weighted by molar-refractivity contribution is 5.89. The van der Waals surface area contributed by atoms with Crippen LogP contribution in [0.5, 0.6) is 0 Å². The molecule has 5 unspecified atom stereocenters. The van der Waals surface area contributed by atoms with Crippen molar-refractivity contribution in [2.45, 2.75) is 63.2 Å². The molecule has 0 N–H and O–H groups in total. The Morgan fingerprint density at radius 3 is 2.81 bits per heavy atom. The van der Waals surface area contributed by atoms with E-state index in [0.717, 1.165) is 25.7 Å². The van der Waals surface area contributed by atoms with E-state index in [4.69, 9.17) is 9.47 Å². The smallest absolute Gasteiger partial charge is 0.354 e. The summed E-state index contributed by atoms with van der Waals surface area (Å²) in [6, 6.07) is 12.4. The van der Waals surface area contributed by atoms with E-state index >= 15 is 0 Å². The lowest BCUT2D eigenvalue weighted by molar-refractivity contribution is -0.0793. The van der Waals surface area contributed by atoms with E-state index in [2.05, 4.69) is 71.4 Å². The largest absolute Gasteiger partial charge is 0.464 e. The molecule has 3 saturated carbocycles. The van der Waals surface area contributed by atoms with Crippen LogP contribution >= 0.6 is 0 Å². The second kappa shape index (κ2) is 8.46. The van der Waals surface area contributed by atoms with Gasteiger partial charge in [0, 0.05) is 17.7 Å². The Hall–Kier alpha value is -3.11. The Kier molecular flexibility index (Phi) is 5.27. The molecule has 4 nitrogen and oxygen atoms in total. The third-order valence-corrected chi connectivity index (χ3v) is 10.1. The monoisotopic (exact) mass is 493 g/mol. The van der Waals surface area contributed by atoms with E-state index < -0.39 is 0 Å². The lowest BCUT2D eigenvalue weighted by Crippen LogP contribution is -2.53. The SMILES string of the molecule is COC(=O)c1cc2c(n1C13CCC4(CC5(\C=C/C=C\C=C\C5)C4C1)C3)C=CC(OCc1ccccc1)C2. The summed E-state index contributed by atoms with van der Waals surface area (Å²) in [6.45, 7) is 0.586. The van der Waals surface area contributed by atoms with Crippen LogP contribution in [0, 0.1) is 16.7 Å². The summed E-state index contributed by atoms with van der Waals surface area (Å²) >= 11 is 0. The number of hydrogen-bond acceptors (Lipinski definition) is 3. The average molecular weight is 494 g/mol. The summed E-state index contributed by atoms with van der Waals surface area (Å²) in [5.41, 5.74) is 4.92. The summed E-state index contributed by atoms with van der Waals surface area (Å²) in [7, 11) is 1.50. The van der Waals surface area contributed by atoms with Gasteiger partial charge in [-0.15, -0.1) is 0 Å². The van der Waals surface area contributed by atoms with Gasteiger partial charge in [0.2, 0.25) is 0 Å². The predicted molar refractivity (Wildman–Crippen MR) is 145 cm³/mol. The first-order valence-corrected chi connectivity index (χ1v) is 13.7. The number of nitrogens with zero attached hydrogens (tertiary/aromatic N) is 1. The Morgan fingerprint density at radius 2 is 1.95 bits per heavy atom. The zero-order valence-electron chi connectivity index (χ0n) is 21.6. The van der Waals surface area contributed by atoms with Gasteiger partial charge in [-0.05, 0) is 78.5 Å². The second-order valence-corrected chi connectivity index (χ2v) is 12.0. The van der Waals surface area contributed by atoms with Crippen LogP contribution in [0.4, 0.5) is 0 Å². The highest BCUT2D eigenvalue weighted by atomic mass is 16.5. The van der Waals surface area contributed by atoms with Crippen LogP contribution in [0.15, 0.2) is 78.9 Å². The first-order valence-electron chi connectivity index (χ1n) is 13.7. The van der Waals surface area contributed by atoms with Gasteiger partial charge in [0.1, 0.15) is 5.69 Å². The van der Waals surface area contributed by atoms with Crippen molar-refractivity contribution in [2.75, 3.05) is 7.11 Å². The number of methoxy groups -OCH3 is 1. The molecule has 5 aliphatic rings. The third kappa shape index (κ3) is 3.49. The maximum Gasteiger partial charge on any atom is 0.354 e. The minimum Gasteiger partial charge on any atom is -0.464 e. The highest BCUT2D eigenvalue weighted by Gasteiger charge is 2.72. The molecule has 0 saturated heterocycles. The molecule has 1 heterocycles. The van der Waals surface area contributed by atoms with Crippen LogP contribution < -0.4 is 0 Å². The van der Waals surface area contributed by atoms with Gasteiger partial charge in [-0.3, -0.25) is 0 Å². The molecule has 2 aromatic rings. The van der Waals surface area contributed by atoms with E-state index in [0.29, 0.717) is 23.6 Å². The summed E-state index contributed by atoms with van der Waals surface area (Å²) in [5.74, 6) is 0.437. The van der Waals surface area contributed by atoms with E-state index in [-0.39, 0.29) is 23.0 Å². The zero-order valence-corrected chi connectivity index (χ0v) is 21.6. The number of ether oxygens (including phenoxy) is 2. The molecule has 2 bridgehead atoms. The van der Waals surface area contributed by atoms with Crippen LogP contribution in [-0.4, -0.2) is 23.8 Å². The van der Waals surface area contributed by atoms with Gasteiger partial charge in [-0.2, -0.15) is 0 Å². The molecule has 0 radical (unpaired) electrons. The summed E-state index contributed by atoms with van der Waals surface area (Å²) in [5, 5.41) is 0. The van der Waals surface area contributed by atoms with Gasteiger partial charge in [-0.1, -0.05) is 72.9 Å². The molecule has 3 fully saturated rings. The van der Waals surface area contributed by atoms with Gasteiger partial charge in [0.15, 0.2) is 0 Å². The number of allylic oxidation sites excluding steroid dienone is 6. The molecule has 0 amide bonds. The average Bonchev–Trinajstić information content (AvgIpc) is 3.55. The quantitative estimate of drug-likeness (QED) is 0.431. The van der Waals surface area contributed by atoms with Gasteiger partial charge in [0.25, 0.3) is 0 Å². The van der Waals surface area contributed by atoms with Gasteiger partial charge in [-0.25, -0.2) is 4.79 Å². The number of rotatable bonds is 5. The van der Waals surface area contributed by atoms with Crippen LogP contribution in [0.25, 0.3) is 6.08 Å². The zero-order chi connectivity index (χ0) is 25.1. The number of hydrogen-bond donors (Lipinski definition) is 0. The maximum atomic E-state index is 13.1. The first-order chi connectivity index (χ1) is 18.1. The van der Waals surface area contributed by atoms with E-state index in [1.165, 1.54) is 43.2 Å². The number of aromatic nitrogens is 1. The summed E-state index contributed by atoms with van der Waals surface area (Å²) < 4.78 is 14.0. The first kappa shape index (κ1) is 23.0. The summed E-state index contributed by atoms with van der Waals surface area (Å²) in [6.07, 6.45) is 25.8. The fourth-order valence-electron chi connectivity index (χ4n) is 8.66. The second-order valence-electron chi connectivity index (χ2n) is 12.0. The van der Waals surface area contributed by atoms with Crippen LogP contribution in [-0.2, 0) is 28.0 Å². The minimum atomic E-state index is -0.229. The van der Waals surface area contributed by atoms with Gasteiger partial charge in [0.05, 0.1) is 19.8 Å². The molecule has 0 aliphatic heterocycles. The van der Waals surface area contributed by atoms with Crippen molar-refractivity contribution in [3.8, 4) is 0 Å². The van der Waals surface area contributed by atoms with E-state index in [9.17, 15) is 4.79 Å². The van der Waals surface area contributed by atoms with E-state index in [1.807, 2.05) is 18.2 Å². The molecule has 37 heavy (non-hydrogen) atoms.